The molecule has 0 spiro atoms. The summed E-state index contributed by atoms with van der Waals surface area (Å²) in [6.07, 6.45) is 3.89. The number of carbonyl (C=O) groups is 1. The van der Waals surface area contributed by atoms with Crippen molar-refractivity contribution in [2.75, 3.05) is 23.9 Å². The van der Waals surface area contributed by atoms with E-state index in [0.29, 0.717) is 23.2 Å². The van der Waals surface area contributed by atoms with Gasteiger partial charge in [-0.25, -0.2) is 4.98 Å². The molecule has 0 radical (unpaired) electrons. The van der Waals surface area contributed by atoms with Crippen molar-refractivity contribution >= 4 is 50.6 Å². The number of thiophene rings is 1. The number of fused-ring (bicyclic) bond motifs is 1. The zero-order valence-electron chi connectivity index (χ0n) is 17.7. The Balaban J connectivity index is 1.37. The number of hydrogen-bond acceptors (Lipinski definition) is 8. The van der Waals surface area contributed by atoms with Crippen LogP contribution in [0.3, 0.4) is 0 Å². The van der Waals surface area contributed by atoms with Gasteiger partial charge in [-0.15, -0.1) is 21.5 Å². The van der Waals surface area contributed by atoms with Gasteiger partial charge in [0.1, 0.15) is 10.6 Å². The van der Waals surface area contributed by atoms with Gasteiger partial charge in [0, 0.05) is 17.6 Å². The summed E-state index contributed by atoms with van der Waals surface area (Å²) < 4.78 is 7.46. The first-order valence-electron chi connectivity index (χ1n) is 10.2. The number of anilines is 2. The summed E-state index contributed by atoms with van der Waals surface area (Å²) in [7, 11) is 1.59. The number of pyridine rings is 1. The van der Waals surface area contributed by atoms with Gasteiger partial charge in [-0.3, -0.25) is 9.36 Å². The molecule has 0 saturated heterocycles. The van der Waals surface area contributed by atoms with Crippen LogP contribution < -0.4 is 15.8 Å². The first kappa shape index (κ1) is 20.8. The highest BCUT2D eigenvalue weighted by Crippen LogP contribution is 2.45. The van der Waals surface area contributed by atoms with E-state index in [1.54, 1.807) is 13.3 Å². The van der Waals surface area contributed by atoms with Crippen molar-refractivity contribution in [3.63, 3.8) is 0 Å². The minimum absolute atomic E-state index is 0.128. The minimum atomic E-state index is -0.128. The van der Waals surface area contributed by atoms with E-state index in [1.807, 2.05) is 37.3 Å². The van der Waals surface area contributed by atoms with Crippen LogP contribution in [0.25, 0.3) is 20.9 Å². The molecule has 5 rings (SSSR count). The molecule has 4 aromatic rings. The van der Waals surface area contributed by atoms with Crippen molar-refractivity contribution < 1.29 is 9.53 Å². The normalized spacial score (nSPS) is 13.4. The Morgan fingerprint density at radius 3 is 2.94 bits per heavy atom. The van der Waals surface area contributed by atoms with Gasteiger partial charge in [-0.05, 0) is 49.6 Å². The predicted octanol–water partition coefficient (Wildman–Crippen LogP) is 4.52. The molecule has 1 fully saturated rings. The Kier molecular flexibility index (Phi) is 5.48. The third-order valence-corrected chi connectivity index (χ3v) is 7.31. The summed E-state index contributed by atoms with van der Waals surface area (Å²) >= 11 is 2.89. The molecule has 32 heavy (non-hydrogen) atoms. The topological polar surface area (TPSA) is 108 Å². The van der Waals surface area contributed by atoms with E-state index in [-0.39, 0.29) is 11.7 Å². The molecule has 0 aliphatic heterocycles. The van der Waals surface area contributed by atoms with Gasteiger partial charge in [0.15, 0.2) is 11.0 Å². The van der Waals surface area contributed by atoms with Crippen LogP contribution in [0.2, 0.25) is 0 Å². The fraction of sp³-hybridized carbons (Fsp3) is 0.273. The van der Waals surface area contributed by atoms with Crippen LogP contribution in [0.4, 0.5) is 11.4 Å². The minimum Gasteiger partial charge on any atom is -0.495 e. The standard InChI is InChI=1S/C22H22N6O2S2/c1-12-5-8-16(30-2)15(10-12)25-17(29)11-31-22-27-26-20(28(22)13-6-7-13)19-18(23)14-4-3-9-24-21(14)32-19/h3-5,8-10,13H,6-7,11,23H2,1-2H3,(H,25,29). The summed E-state index contributed by atoms with van der Waals surface area (Å²) in [4.78, 5) is 18.8. The number of aromatic nitrogens is 4. The second-order valence-corrected chi connectivity index (χ2v) is 9.59. The molecule has 3 heterocycles. The third kappa shape index (κ3) is 3.91. The Morgan fingerprint density at radius 1 is 1.34 bits per heavy atom. The number of thioether (sulfide) groups is 1. The maximum atomic E-state index is 12.6. The molecule has 3 aromatic heterocycles. The van der Waals surface area contributed by atoms with Crippen molar-refractivity contribution in [1.82, 2.24) is 19.7 Å². The molecular weight excluding hydrogens is 444 g/mol. The van der Waals surface area contributed by atoms with Crippen LogP contribution in [-0.2, 0) is 4.79 Å². The predicted molar refractivity (Wildman–Crippen MR) is 128 cm³/mol. The molecule has 0 unspecified atom stereocenters. The van der Waals surface area contributed by atoms with Crippen molar-refractivity contribution in [2.45, 2.75) is 31.0 Å². The molecule has 3 N–H and O–H groups in total. The molecular formula is C22H22N6O2S2. The van der Waals surface area contributed by atoms with E-state index in [4.69, 9.17) is 10.5 Å². The maximum absolute atomic E-state index is 12.6. The number of aryl methyl sites for hydroxylation is 1. The van der Waals surface area contributed by atoms with E-state index in [1.165, 1.54) is 23.1 Å². The highest BCUT2D eigenvalue weighted by molar-refractivity contribution is 7.99. The van der Waals surface area contributed by atoms with Crippen LogP contribution in [0.5, 0.6) is 5.75 Å². The average Bonchev–Trinajstić information content (AvgIpc) is 3.46. The third-order valence-electron chi connectivity index (χ3n) is 5.25. The number of nitrogens with zero attached hydrogens (tertiary/aromatic N) is 4. The SMILES string of the molecule is COc1ccc(C)cc1NC(=O)CSc1nnc(-c2sc3ncccc3c2N)n1C1CC1. The smallest absolute Gasteiger partial charge is 0.234 e. The lowest BCUT2D eigenvalue weighted by molar-refractivity contribution is -0.113. The van der Waals surface area contributed by atoms with E-state index in [9.17, 15) is 4.79 Å². The number of carbonyl (C=O) groups excluding carboxylic acids is 1. The number of nitrogen functional groups attached to an aromatic ring is 1. The summed E-state index contributed by atoms with van der Waals surface area (Å²) in [6.45, 7) is 1.97. The Morgan fingerprint density at radius 2 is 2.19 bits per heavy atom. The second kappa shape index (κ2) is 8.44. The van der Waals surface area contributed by atoms with Gasteiger partial charge < -0.3 is 15.8 Å². The quantitative estimate of drug-likeness (QED) is 0.386. The fourth-order valence-electron chi connectivity index (χ4n) is 3.55. The number of nitrogens with two attached hydrogens (primary N) is 1. The Bertz CT molecular complexity index is 1310. The van der Waals surface area contributed by atoms with E-state index < -0.39 is 0 Å². The van der Waals surface area contributed by atoms with Crippen LogP contribution in [0.1, 0.15) is 24.4 Å². The van der Waals surface area contributed by atoms with Gasteiger partial charge in [-0.1, -0.05) is 17.8 Å². The monoisotopic (exact) mass is 466 g/mol. The van der Waals surface area contributed by atoms with Crippen LogP contribution in [0.15, 0.2) is 41.7 Å². The molecule has 1 aromatic carbocycles. The molecule has 1 aliphatic carbocycles. The highest BCUT2D eigenvalue weighted by Gasteiger charge is 2.32. The van der Waals surface area contributed by atoms with Crippen molar-refractivity contribution in [3.05, 3.63) is 42.1 Å². The number of amides is 1. The zero-order valence-corrected chi connectivity index (χ0v) is 19.3. The van der Waals surface area contributed by atoms with Crippen LogP contribution in [0, 0.1) is 6.92 Å². The van der Waals surface area contributed by atoms with E-state index in [0.717, 1.165) is 44.5 Å². The molecule has 8 nitrogen and oxygen atoms in total. The number of hydrogen-bond donors (Lipinski definition) is 2. The first-order valence-corrected chi connectivity index (χ1v) is 12.0. The number of nitrogens with one attached hydrogen (secondary N) is 1. The number of ether oxygens (including phenoxy) is 1. The van der Waals surface area contributed by atoms with Gasteiger partial charge in [0.05, 0.1) is 29.1 Å². The fourth-order valence-corrected chi connectivity index (χ4v) is 5.40. The van der Waals surface area contributed by atoms with Crippen molar-refractivity contribution in [3.8, 4) is 16.5 Å². The van der Waals surface area contributed by atoms with Gasteiger partial charge in [-0.2, -0.15) is 0 Å². The molecule has 0 bridgehead atoms. The lowest BCUT2D eigenvalue weighted by Gasteiger charge is -2.11. The van der Waals surface area contributed by atoms with Crippen LogP contribution >= 0.6 is 23.1 Å². The summed E-state index contributed by atoms with van der Waals surface area (Å²) in [5, 5.41) is 13.4. The number of rotatable bonds is 7. The van der Waals surface area contributed by atoms with Crippen molar-refractivity contribution in [2.24, 2.45) is 0 Å². The lowest BCUT2D eigenvalue weighted by atomic mass is 10.2. The summed E-state index contributed by atoms with van der Waals surface area (Å²) in [5.41, 5.74) is 8.80. The summed E-state index contributed by atoms with van der Waals surface area (Å²) in [6, 6.07) is 9.86. The van der Waals surface area contributed by atoms with Crippen molar-refractivity contribution in [1.29, 1.82) is 0 Å². The maximum Gasteiger partial charge on any atom is 0.234 e. The molecule has 1 amide bonds. The molecule has 1 saturated carbocycles. The van der Waals surface area contributed by atoms with E-state index >= 15 is 0 Å². The molecule has 0 atom stereocenters. The summed E-state index contributed by atoms with van der Waals surface area (Å²) in [5.74, 6) is 1.46. The number of methoxy groups -OCH3 is 1. The Hall–Kier alpha value is -3.11. The highest BCUT2D eigenvalue weighted by atomic mass is 32.2. The average molecular weight is 467 g/mol. The Labute approximate surface area is 193 Å². The second-order valence-electron chi connectivity index (χ2n) is 7.65. The molecule has 164 valence electrons. The number of benzene rings is 1. The van der Waals surface area contributed by atoms with Gasteiger partial charge >= 0.3 is 0 Å². The largest absolute Gasteiger partial charge is 0.495 e. The lowest BCUT2D eigenvalue weighted by Crippen LogP contribution is -2.15. The van der Waals surface area contributed by atoms with Gasteiger partial charge in [0.2, 0.25) is 5.91 Å². The van der Waals surface area contributed by atoms with Gasteiger partial charge in [0.25, 0.3) is 0 Å². The first-order chi connectivity index (χ1) is 15.5. The molecule has 1 aliphatic rings. The molecule has 10 heteroatoms. The van der Waals surface area contributed by atoms with E-state index in [2.05, 4.69) is 25.1 Å². The zero-order chi connectivity index (χ0) is 22.2. The van der Waals surface area contributed by atoms with Crippen LogP contribution in [-0.4, -0.2) is 38.5 Å².